The molecule has 0 radical (unpaired) electrons. The van der Waals surface area contributed by atoms with Crippen molar-refractivity contribution < 1.29 is 17.6 Å². The van der Waals surface area contributed by atoms with Crippen molar-refractivity contribution in [1.29, 1.82) is 0 Å². The summed E-state index contributed by atoms with van der Waals surface area (Å²) in [6.45, 7) is 2.13. The van der Waals surface area contributed by atoms with Crippen LogP contribution in [0.1, 0.15) is 34.1 Å². The fraction of sp³-hybridized carbons (Fsp3) is 0.278. The third kappa shape index (κ3) is 3.93. The van der Waals surface area contributed by atoms with Gasteiger partial charge in [-0.15, -0.1) is 11.3 Å². The number of sulfonamides is 1. The molecular weight excluding hydrogens is 417 g/mol. The number of thiazole rings is 1. The second-order valence-electron chi connectivity index (χ2n) is 6.76. The number of rotatable bonds is 5. The van der Waals surface area contributed by atoms with Crippen molar-refractivity contribution in [3.05, 3.63) is 58.6 Å². The summed E-state index contributed by atoms with van der Waals surface area (Å²) in [6, 6.07) is 5.42. The number of aryl methyl sites for hydroxylation is 1. The highest BCUT2D eigenvalue weighted by molar-refractivity contribution is 7.89. The highest BCUT2D eigenvalue weighted by atomic mass is 32.2. The first-order valence-corrected chi connectivity index (χ1v) is 11.2. The topological polar surface area (TPSA) is 108 Å². The molecular formula is C18H18FN5O3S2. The summed E-state index contributed by atoms with van der Waals surface area (Å²) in [4.78, 5) is 16.3. The van der Waals surface area contributed by atoms with Crippen molar-refractivity contribution in [1.82, 2.24) is 19.5 Å². The molecule has 3 heterocycles. The second-order valence-corrected chi connectivity index (χ2v) is 9.59. The SMILES string of the molecule is Cc1cc(S(=O)(=O)N2CC[C@@H](c3cc(C(=O)Nc4nccs4)n[nH]3)C2)ccc1F. The van der Waals surface area contributed by atoms with Gasteiger partial charge in [0.05, 0.1) is 4.90 Å². The maximum atomic E-state index is 13.5. The molecule has 0 unspecified atom stereocenters. The van der Waals surface area contributed by atoms with Crippen LogP contribution in [0.25, 0.3) is 0 Å². The Morgan fingerprint density at radius 1 is 1.38 bits per heavy atom. The molecule has 1 aliphatic heterocycles. The van der Waals surface area contributed by atoms with Gasteiger partial charge in [0.25, 0.3) is 5.91 Å². The first-order valence-electron chi connectivity index (χ1n) is 8.87. The van der Waals surface area contributed by atoms with Gasteiger partial charge < -0.3 is 0 Å². The van der Waals surface area contributed by atoms with E-state index in [4.69, 9.17) is 0 Å². The Morgan fingerprint density at radius 2 is 2.21 bits per heavy atom. The largest absolute Gasteiger partial charge is 0.296 e. The molecule has 1 aromatic carbocycles. The van der Waals surface area contributed by atoms with Gasteiger partial charge in [0, 0.05) is 36.3 Å². The summed E-state index contributed by atoms with van der Waals surface area (Å²) in [5.74, 6) is -0.934. The molecule has 8 nitrogen and oxygen atoms in total. The molecule has 29 heavy (non-hydrogen) atoms. The van der Waals surface area contributed by atoms with E-state index >= 15 is 0 Å². The molecule has 2 N–H and O–H groups in total. The zero-order chi connectivity index (χ0) is 20.6. The average molecular weight is 436 g/mol. The number of H-pyrrole nitrogens is 1. The molecule has 11 heteroatoms. The molecule has 4 rings (SSSR count). The predicted octanol–water partition coefficient (Wildman–Crippen LogP) is 2.74. The Balaban J connectivity index is 1.46. The minimum atomic E-state index is -3.72. The molecule has 0 bridgehead atoms. The number of carbonyl (C=O) groups excluding carboxylic acids is 1. The van der Waals surface area contributed by atoms with Gasteiger partial charge in [-0.25, -0.2) is 17.8 Å². The fourth-order valence-corrected chi connectivity index (χ4v) is 5.35. The third-order valence-electron chi connectivity index (χ3n) is 4.84. The number of anilines is 1. The van der Waals surface area contributed by atoms with Crippen LogP contribution in [0.3, 0.4) is 0 Å². The van der Waals surface area contributed by atoms with Gasteiger partial charge in [-0.05, 0) is 43.2 Å². The highest BCUT2D eigenvalue weighted by Gasteiger charge is 2.34. The summed E-state index contributed by atoms with van der Waals surface area (Å²) >= 11 is 1.30. The summed E-state index contributed by atoms with van der Waals surface area (Å²) in [7, 11) is -3.72. The maximum Gasteiger partial charge on any atom is 0.277 e. The Morgan fingerprint density at radius 3 is 2.93 bits per heavy atom. The molecule has 1 amide bonds. The van der Waals surface area contributed by atoms with Crippen LogP contribution in [0.15, 0.2) is 40.7 Å². The monoisotopic (exact) mass is 435 g/mol. The van der Waals surface area contributed by atoms with Gasteiger partial charge in [0.15, 0.2) is 10.8 Å². The molecule has 152 valence electrons. The Kier molecular flexibility index (Phi) is 5.19. The fourth-order valence-electron chi connectivity index (χ4n) is 3.24. The highest BCUT2D eigenvalue weighted by Crippen LogP contribution is 2.31. The van der Waals surface area contributed by atoms with E-state index in [1.807, 2.05) is 0 Å². The van der Waals surface area contributed by atoms with Crippen LogP contribution >= 0.6 is 11.3 Å². The van der Waals surface area contributed by atoms with Crippen LogP contribution in [-0.4, -0.2) is 46.9 Å². The standard InChI is InChI=1S/C18H18FN5O3S2/c1-11-8-13(2-3-14(11)19)29(26,27)24-6-4-12(10-24)15-9-16(23-22-15)17(25)21-18-20-5-7-28-18/h2-3,5,7-9,12H,4,6,10H2,1H3,(H,22,23)(H,20,21,25)/t12-/m1/s1. The number of carbonyl (C=O) groups is 1. The smallest absolute Gasteiger partial charge is 0.277 e. The van der Waals surface area contributed by atoms with Gasteiger partial charge in [0.2, 0.25) is 10.0 Å². The lowest BCUT2D eigenvalue weighted by Crippen LogP contribution is -2.28. The van der Waals surface area contributed by atoms with E-state index in [1.165, 1.54) is 34.7 Å². The molecule has 1 saturated heterocycles. The van der Waals surface area contributed by atoms with Crippen LogP contribution in [0.2, 0.25) is 0 Å². The summed E-state index contributed by atoms with van der Waals surface area (Å²) in [5.41, 5.74) is 1.19. The number of halogens is 1. The van der Waals surface area contributed by atoms with Crippen LogP contribution in [0.4, 0.5) is 9.52 Å². The average Bonchev–Trinajstić information content (AvgIpc) is 3.44. The van der Waals surface area contributed by atoms with E-state index in [0.717, 1.165) is 6.07 Å². The third-order valence-corrected chi connectivity index (χ3v) is 7.39. The van der Waals surface area contributed by atoms with Crippen LogP contribution in [0, 0.1) is 12.7 Å². The molecule has 1 fully saturated rings. The second kappa shape index (κ2) is 7.65. The number of nitrogens with one attached hydrogen (secondary N) is 2. The quantitative estimate of drug-likeness (QED) is 0.641. The zero-order valence-corrected chi connectivity index (χ0v) is 17.1. The van der Waals surface area contributed by atoms with Gasteiger partial charge in [-0.2, -0.15) is 9.40 Å². The first kappa shape index (κ1) is 19.7. The molecule has 3 aromatic rings. The normalized spacial score (nSPS) is 17.5. The number of aromatic nitrogens is 3. The van der Waals surface area contributed by atoms with E-state index < -0.39 is 15.8 Å². The van der Waals surface area contributed by atoms with Crippen molar-refractivity contribution in [3.8, 4) is 0 Å². The van der Waals surface area contributed by atoms with Gasteiger partial charge >= 0.3 is 0 Å². The molecule has 0 spiro atoms. The van der Waals surface area contributed by atoms with E-state index in [9.17, 15) is 17.6 Å². The molecule has 2 aromatic heterocycles. The summed E-state index contributed by atoms with van der Waals surface area (Å²) in [5, 5.41) is 11.8. The Labute approximate surface area is 170 Å². The van der Waals surface area contributed by atoms with Crippen molar-refractivity contribution >= 4 is 32.4 Å². The minimum absolute atomic E-state index is 0.0742. The van der Waals surface area contributed by atoms with Gasteiger partial charge in [-0.3, -0.25) is 15.2 Å². The molecule has 1 aliphatic rings. The predicted molar refractivity (Wildman–Crippen MR) is 106 cm³/mol. The number of hydrogen-bond donors (Lipinski definition) is 2. The molecule has 0 saturated carbocycles. The lowest BCUT2D eigenvalue weighted by Gasteiger charge is -2.16. The number of aromatic amines is 1. The van der Waals surface area contributed by atoms with Gasteiger partial charge in [-0.1, -0.05) is 0 Å². The minimum Gasteiger partial charge on any atom is -0.296 e. The molecule has 0 aliphatic carbocycles. The Bertz CT molecular complexity index is 1140. The number of hydrogen-bond acceptors (Lipinski definition) is 6. The lowest BCUT2D eigenvalue weighted by molar-refractivity contribution is 0.102. The number of amides is 1. The van der Waals surface area contributed by atoms with Crippen LogP contribution < -0.4 is 5.32 Å². The maximum absolute atomic E-state index is 13.5. The van der Waals surface area contributed by atoms with E-state index in [0.29, 0.717) is 23.8 Å². The first-order chi connectivity index (χ1) is 13.8. The van der Waals surface area contributed by atoms with Crippen molar-refractivity contribution in [2.75, 3.05) is 18.4 Å². The van der Waals surface area contributed by atoms with E-state index in [2.05, 4.69) is 20.5 Å². The van der Waals surface area contributed by atoms with E-state index in [-0.39, 0.29) is 34.5 Å². The van der Waals surface area contributed by atoms with Crippen LogP contribution in [-0.2, 0) is 10.0 Å². The van der Waals surface area contributed by atoms with Crippen molar-refractivity contribution in [3.63, 3.8) is 0 Å². The summed E-state index contributed by atoms with van der Waals surface area (Å²) in [6.07, 6.45) is 2.18. The number of nitrogens with zero attached hydrogens (tertiary/aromatic N) is 3. The van der Waals surface area contributed by atoms with Gasteiger partial charge in [0.1, 0.15) is 5.82 Å². The van der Waals surface area contributed by atoms with Crippen molar-refractivity contribution in [2.45, 2.75) is 24.2 Å². The van der Waals surface area contributed by atoms with Crippen molar-refractivity contribution in [2.24, 2.45) is 0 Å². The lowest BCUT2D eigenvalue weighted by atomic mass is 10.1. The van der Waals surface area contributed by atoms with Crippen LogP contribution in [0.5, 0.6) is 0 Å². The van der Waals surface area contributed by atoms with E-state index in [1.54, 1.807) is 17.6 Å². The summed E-state index contributed by atoms with van der Waals surface area (Å²) < 4.78 is 40.6. The Hall–Kier alpha value is -2.63. The molecule has 1 atom stereocenters. The number of benzene rings is 1. The zero-order valence-electron chi connectivity index (χ0n) is 15.4.